The topological polar surface area (TPSA) is 59.0 Å². The fraction of sp³-hybridized carbons (Fsp3) is 0.414. The molecule has 0 amide bonds. The third-order valence-corrected chi connectivity index (χ3v) is 7.38. The van der Waals surface area contributed by atoms with Crippen molar-refractivity contribution in [2.75, 3.05) is 26.2 Å². The molecular weight excluding hydrogens is 519 g/mol. The van der Waals surface area contributed by atoms with Crippen LogP contribution in [-0.2, 0) is 17.6 Å². The molecule has 1 aliphatic carbocycles. The van der Waals surface area contributed by atoms with E-state index in [9.17, 15) is 18.0 Å². The number of rotatable bonds is 7. The van der Waals surface area contributed by atoms with Crippen LogP contribution in [0.5, 0.6) is 11.5 Å². The van der Waals surface area contributed by atoms with E-state index in [0.717, 1.165) is 36.8 Å². The molecule has 1 fully saturated rings. The molecule has 0 saturated heterocycles. The minimum atomic E-state index is -4.39. The average Bonchev–Trinajstić information content (AvgIpc) is 3.42. The van der Waals surface area contributed by atoms with Gasteiger partial charge in [0.1, 0.15) is 24.7 Å². The fourth-order valence-corrected chi connectivity index (χ4v) is 5.41. The Morgan fingerprint density at radius 1 is 1.13 bits per heavy atom. The molecule has 0 spiro atoms. The number of ether oxygens (including phenoxy) is 2. The van der Waals surface area contributed by atoms with E-state index in [-0.39, 0.29) is 24.9 Å². The lowest BCUT2D eigenvalue weighted by Gasteiger charge is -2.27. The lowest BCUT2D eigenvalue weighted by molar-refractivity contribution is -0.138. The molecular formula is C29H31ClF3NO4. The number of hydrogen-bond acceptors (Lipinski definition) is 4. The Hall–Kier alpha value is -2.97. The van der Waals surface area contributed by atoms with Crippen LogP contribution in [0.2, 0.25) is 0 Å². The van der Waals surface area contributed by atoms with Crippen LogP contribution in [0.1, 0.15) is 60.3 Å². The van der Waals surface area contributed by atoms with Gasteiger partial charge in [0.05, 0.1) is 5.56 Å². The first kappa shape index (κ1) is 28.0. The summed E-state index contributed by atoms with van der Waals surface area (Å²) in [5.74, 6) is 0.330. The van der Waals surface area contributed by atoms with Crippen molar-refractivity contribution in [3.8, 4) is 11.5 Å². The molecule has 2 aliphatic heterocycles. The number of halogens is 4. The van der Waals surface area contributed by atoms with E-state index in [4.69, 9.17) is 14.6 Å². The zero-order chi connectivity index (χ0) is 26.0. The zero-order valence-electron chi connectivity index (χ0n) is 20.9. The molecule has 0 aromatic heterocycles. The number of fused-ring (bicyclic) bond motifs is 1. The monoisotopic (exact) mass is 549 g/mol. The van der Waals surface area contributed by atoms with Crippen LogP contribution in [0.4, 0.5) is 13.2 Å². The molecule has 3 aliphatic rings. The SMILES string of the molecule is Cl.O=C(O)C1=CCN(CC2=Cc3ccc(OCc4ccc(C5CCCC5)c(C(F)(F)F)c4)cc3OC2)CC1. The summed E-state index contributed by atoms with van der Waals surface area (Å²) >= 11 is 0. The highest BCUT2D eigenvalue weighted by molar-refractivity contribution is 5.86. The summed E-state index contributed by atoms with van der Waals surface area (Å²) in [5, 5.41) is 9.10. The maximum absolute atomic E-state index is 13.8. The van der Waals surface area contributed by atoms with Crippen LogP contribution in [0.15, 0.2) is 53.6 Å². The number of hydrogen-bond donors (Lipinski definition) is 1. The lowest BCUT2D eigenvalue weighted by Crippen LogP contribution is -2.33. The van der Waals surface area contributed by atoms with Crippen LogP contribution >= 0.6 is 12.4 Å². The maximum Gasteiger partial charge on any atom is 0.416 e. The van der Waals surface area contributed by atoms with E-state index < -0.39 is 17.7 Å². The third kappa shape index (κ3) is 6.53. The Balaban J connectivity index is 0.00000336. The molecule has 0 radical (unpaired) electrons. The molecule has 2 heterocycles. The van der Waals surface area contributed by atoms with Crippen molar-refractivity contribution in [3.05, 3.63) is 75.9 Å². The summed E-state index contributed by atoms with van der Waals surface area (Å²) < 4.78 is 53.1. The lowest BCUT2D eigenvalue weighted by atomic mass is 9.91. The summed E-state index contributed by atoms with van der Waals surface area (Å²) in [7, 11) is 0. The summed E-state index contributed by atoms with van der Waals surface area (Å²) in [5.41, 5.74) is 2.80. The molecule has 2 aromatic rings. The van der Waals surface area contributed by atoms with Gasteiger partial charge in [-0.2, -0.15) is 13.2 Å². The quantitative estimate of drug-likeness (QED) is 0.409. The highest BCUT2D eigenvalue weighted by Crippen LogP contribution is 2.42. The van der Waals surface area contributed by atoms with Gasteiger partial charge in [-0.3, -0.25) is 4.90 Å². The van der Waals surface area contributed by atoms with Crippen molar-refractivity contribution < 1.29 is 32.5 Å². The average molecular weight is 550 g/mol. The zero-order valence-corrected chi connectivity index (χ0v) is 21.7. The van der Waals surface area contributed by atoms with Crippen molar-refractivity contribution in [2.45, 2.75) is 50.8 Å². The molecule has 2 aromatic carbocycles. The largest absolute Gasteiger partial charge is 0.489 e. The van der Waals surface area contributed by atoms with Gasteiger partial charge in [-0.05, 0) is 66.2 Å². The Morgan fingerprint density at radius 2 is 1.92 bits per heavy atom. The van der Waals surface area contributed by atoms with E-state index >= 15 is 0 Å². The number of carboxylic acid groups (broad SMARTS) is 1. The van der Waals surface area contributed by atoms with E-state index in [1.807, 2.05) is 6.07 Å². The molecule has 38 heavy (non-hydrogen) atoms. The number of aliphatic carboxylic acids is 1. The van der Waals surface area contributed by atoms with Gasteiger partial charge in [0, 0.05) is 36.8 Å². The van der Waals surface area contributed by atoms with Gasteiger partial charge in [-0.15, -0.1) is 12.4 Å². The van der Waals surface area contributed by atoms with Crippen LogP contribution in [0.25, 0.3) is 6.08 Å². The van der Waals surface area contributed by atoms with Gasteiger partial charge in [0.15, 0.2) is 0 Å². The van der Waals surface area contributed by atoms with Gasteiger partial charge in [0.2, 0.25) is 0 Å². The fourth-order valence-electron chi connectivity index (χ4n) is 5.41. The van der Waals surface area contributed by atoms with Gasteiger partial charge < -0.3 is 14.6 Å². The standard InChI is InChI=1S/C29H30F3NO4.ClH/c30-29(31,32)26-14-19(5-8-25(26)21-3-1-2-4-21)17-36-24-7-6-23-13-20(18-37-27(23)15-24)16-33-11-9-22(10-12-33)28(34)35;/h5-9,13-15,21H,1-4,10-12,16-18H2,(H,34,35);1H. The molecule has 0 unspecified atom stereocenters. The predicted octanol–water partition coefficient (Wildman–Crippen LogP) is 6.86. The van der Waals surface area contributed by atoms with Crippen LogP contribution in [0.3, 0.4) is 0 Å². The molecule has 1 saturated carbocycles. The minimum absolute atomic E-state index is 0. The number of carbonyl (C=O) groups is 1. The number of nitrogens with zero attached hydrogens (tertiary/aromatic N) is 1. The Morgan fingerprint density at radius 3 is 2.61 bits per heavy atom. The van der Waals surface area contributed by atoms with E-state index in [0.29, 0.717) is 60.9 Å². The highest BCUT2D eigenvalue weighted by atomic mass is 35.5. The maximum atomic E-state index is 13.8. The Kier molecular flexibility index (Phi) is 8.73. The van der Waals surface area contributed by atoms with Gasteiger partial charge in [-0.25, -0.2) is 4.79 Å². The molecule has 5 nitrogen and oxygen atoms in total. The summed E-state index contributed by atoms with van der Waals surface area (Å²) in [6, 6.07) is 10.0. The molecule has 1 N–H and O–H groups in total. The third-order valence-electron chi connectivity index (χ3n) is 7.38. The second-order valence-corrected chi connectivity index (χ2v) is 10.00. The molecule has 0 atom stereocenters. The predicted molar refractivity (Wildman–Crippen MR) is 141 cm³/mol. The summed E-state index contributed by atoms with van der Waals surface area (Å²) in [6.45, 7) is 2.43. The van der Waals surface area contributed by atoms with Crippen molar-refractivity contribution in [2.24, 2.45) is 0 Å². The van der Waals surface area contributed by atoms with Crippen LogP contribution < -0.4 is 9.47 Å². The first-order chi connectivity index (χ1) is 17.8. The van der Waals surface area contributed by atoms with E-state index in [1.165, 1.54) is 6.07 Å². The molecule has 204 valence electrons. The van der Waals surface area contributed by atoms with Crippen LogP contribution in [0, 0.1) is 0 Å². The number of alkyl halides is 3. The normalized spacial score (nSPS) is 18.1. The van der Waals surface area contributed by atoms with Crippen molar-refractivity contribution in [3.63, 3.8) is 0 Å². The smallest absolute Gasteiger partial charge is 0.416 e. The van der Waals surface area contributed by atoms with Crippen LogP contribution in [-0.4, -0.2) is 42.2 Å². The number of benzene rings is 2. The first-order valence-electron chi connectivity index (χ1n) is 12.7. The second kappa shape index (κ2) is 11.8. The molecule has 5 rings (SSSR count). The van der Waals surface area contributed by atoms with Gasteiger partial charge in [0.25, 0.3) is 0 Å². The highest BCUT2D eigenvalue weighted by Gasteiger charge is 2.36. The van der Waals surface area contributed by atoms with Gasteiger partial charge >= 0.3 is 12.1 Å². The summed E-state index contributed by atoms with van der Waals surface area (Å²) in [6.07, 6.45) is 3.54. The van der Waals surface area contributed by atoms with Crippen molar-refractivity contribution >= 4 is 24.5 Å². The Labute approximate surface area is 226 Å². The molecule has 9 heteroatoms. The first-order valence-corrected chi connectivity index (χ1v) is 12.7. The number of carboxylic acids is 1. The molecule has 0 bridgehead atoms. The minimum Gasteiger partial charge on any atom is -0.489 e. The Bertz CT molecular complexity index is 1230. The van der Waals surface area contributed by atoms with Crippen molar-refractivity contribution in [1.29, 1.82) is 0 Å². The summed E-state index contributed by atoms with van der Waals surface area (Å²) in [4.78, 5) is 13.3. The van der Waals surface area contributed by atoms with E-state index in [2.05, 4.69) is 11.0 Å². The van der Waals surface area contributed by atoms with E-state index in [1.54, 1.807) is 30.3 Å². The van der Waals surface area contributed by atoms with Gasteiger partial charge in [-0.1, -0.05) is 31.1 Å². The van der Waals surface area contributed by atoms with Crippen molar-refractivity contribution in [1.82, 2.24) is 4.90 Å². The second-order valence-electron chi connectivity index (χ2n) is 10.00.